The molecule has 35 heavy (non-hydrogen) atoms. The minimum atomic E-state index is -3.99. The van der Waals surface area contributed by atoms with E-state index in [2.05, 4.69) is 9.82 Å². The number of amides is 1. The SMILES string of the molecule is Cc1nn(C)c(-n2ccc3cc(Cl)ccc32)c1C=CC(=O)NS(=O)(=O)N1CCC2(CC1)OCCO2. The number of rotatable bonds is 5. The number of aryl methyl sites for hydroxylation is 2. The minimum Gasteiger partial charge on any atom is -0.347 e. The molecular formula is C23H26ClN5O5S. The highest BCUT2D eigenvalue weighted by molar-refractivity contribution is 7.87. The molecule has 1 N–H and O–H groups in total. The molecule has 4 heterocycles. The molecule has 0 saturated carbocycles. The van der Waals surface area contributed by atoms with Crippen LogP contribution in [0.15, 0.2) is 36.5 Å². The maximum Gasteiger partial charge on any atom is 0.304 e. The van der Waals surface area contributed by atoms with Gasteiger partial charge in [-0.1, -0.05) is 11.6 Å². The Morgan fingerprint density at radius 1 is 1.20 bits per heavy atom. The highest BCUT2D eigenvalue weighted by Gasteiger charge is 2.42. The predicted molar refractivity (Wildman–Crippen MR) is 131 cm³/mol. The normalized spacial score (nSPS) is 18.7. The molecule has 10 nitrogen and oxygen atoms in total. The first-order valence-electron chi connectivity index (χ1n) is 11.3. The second-order valence-electron chi connectivity index (χ2n) is 8.65. The van der Waals surface area contributed by atoms with Crippen LogP contribution in [-0.4, -0.2) is 65.1 Å². The van der Waals surface area contributed by atoms with Crippen LogP contribution >= 0.6 is 11.6 Å². The van der Waals surface area contributed by atoms with Crippen molar-refractivity contribution >= 4 is 44.7 Å². The number of fused-ring (bicyclic) bond motifs is 1. The topological polar surface area (TPSA) is 108 Å². The number of halogens is 1. The quantitative estimate of drug-likeness (QED) is 0.519. The van der Waals surface area contributed by atoms with Gasteiger partial charge in [-0.3, -0.25) is 9.48 Å². The van der Waals surface area contributed by atoms with Crippen molar-refractivity contribution in [3.05, 3.63) is 52.8 Å². The molecule has 3 aromatic rings. The molecule has 0 unspecified atom stereocenters. The molecule has 2 saturated heterocycles. The van der Waals surface area contributed by atoms with Crippen LogP contribution in [0, 0.1) is 6.92 Å². The summed E-state index contributed by atoms with van der Waals surface area (Å²) >= 11 is 6.12. The van der Waals surface area contributed by atoms with Crippen molar-refractivity contribution in [2.24, 2.45) is 7.05 Å². The molecule has 2 fully saturated rings. The summed E-state index contributed by atoms with van der Waals surface area (Å²) in [5, 5.41) is 6.09. The van der Waals surface area contributed by atoms with Crippen LogP contribution in [0.5, 0.6) is 0 Å². The van der Waals surface area contributed by atoms with Gasteiger partial charge < -0.3 is 14.0 Å². The van der Waals surface area contributed by atoms with E-state index in [1.54, 1.807) is 10.8 Å². The number of hydrogen-bond donors (Lipinski definition) is 1. The molecule has 2 aliphatic heterocycles. The van der Waals surface area contributed by atoms with Crippen molar-refractivity contribution in [2.75, 3.05) is 26.3 Å². The third kappa shape index (κ3) is 4.62. The fourth-order valence-electron chi connectivity index (χ4n) is 4.68. The summed E-state index contributed by atoms with van der Waals surface area (Å²) in [4.78, 5) is 12.6. The Morgan fingerprint density at radius 2 is 1.91 bits per heavy atom. The van der Waals surface area contributed by atoms with Gasteiger partial charge in [0.2, 0.25) is 0 Å². The number of hydrogen-bond acceptors (Lipinski definition) is 6. The molecular weight excluding hydrogens is 494 g/mol. The van der Waals surface area contributed by atoms with E-state index in [1.165, 1.54) is 10.4 Å². The number of nitrogens with one attached hydrogen (secondary N) is 1. The average molecular weight is 520 g/mol. The molecule has 12 heteroatoms. The number of carbonyl (C=O) groups is 1. The van der Waals surface area contributed by atoms with E-state index in [4.69, 9.17) is 21.1 Å². The Labute approximate surface area is 208 Å². The standard InChI is InChI=1S/C23H26ClN5O5S/c1-16-19(22(27(2)25-16)29-10-7-17-15-18(24)3-5-20(17)29)4-6-21(30)26-35(31,32)28-11-8-23(9-12-28)33-13-14-34-23/h3-7,10,15H,8-9,11-14H2,1-2H3,(H,26,30). The van der Waals surface area contributed by atoms with Crippen LogP contribution in [-0.2, 0) is 31.5 Å². The summed E-state index contributed by atoms with van der Waals surface area (Å²) in [6.45, 7) is 3.27. The first kappa shape index (κ1) is 24.0. The van der Waals surface area contributed by atoms with E-state index < -0.39 is 21.9 Å². The number of benzene rings is 1. The molecule has 0 bridgehead atoms. The van der Waals surface area contributed by atoms with Gasteiger partial charge in [0.1, 0.15) is 5.82 Å². The zero-order valence-electron chi connectivity index (χ0n) is 19.4. The third-order valence-electron chi connectivity index (χ3n) is 6.39. The number of piperidine rings is 1. The maximum atomic E-state index is 12.8. The molecule has 2 aromatic heterocycles. The lowest BCUT2D eigenvalue weighted by Gasteiger charge is -2.36. The molecule has 2 aliphatic rings. The Kier molecular flexibility index (Phi) is 6.22. The van der Waals surface area contributed by atoms with E-state index in [0.717, 1.165) is 16.7 Å². The van der Waals surface area contributed by atoms with Crippen molar-refractivity contribution in [3.8, 4) is 5.82 Å². The number of nitrogens with zero attached hydrogens (tertiary/aromatic N) is 4. The van der Waals surface area contributed by atoms with Gasteiger partial charge in [0.05, 0.1) is 24.4 Å². The zero-order chi connectivity index (χ0) is 24.8. The van der Waals surface area contributed by atoms with Gasteiger partial charge in [0.25, 0.3) is 5.91 Å². The van der Waals surface area contributed by atoms with Gasteiger partial charge in [0.15, 0.2) is 5.79 Å². The van der Waals surface area contributed by atoms with E-state index in [0.29, 0.717) is 42.3 Å². The first-order valence-corrected chi connectivity index (χ1v) is 13.1. The second-order valence-corrected chi connectivity index (χ2v) is 10.8. The molecule has 0 atom stereocenters. The molecule has 1 amide bonds. The van der Waals surface area contributed by atoms with Gasteiger partial charge in [-0.25, -0.2) is 4.72 Å². The molecule has 5 rings (SSSR count). The minimum absolute atomic E-state index is 0.211. The zero-order valence-corrected chi connectivity index (χ0v) is 21.0. The molecule has 1 aromatic carbocycles. The summed E-state index contributed by atoms with van der Waals surface area (Å²) in [5.41, 5.74) is 2.32. The van der Waals surface area contributed by atoms with Crippen LogP contribution in [0.25, 0.3) is 22.8 Å². The Balaban J connectivity index is 1.33. The van der Waals surface area contributed by atoms with Crippen LogP contribution < -0.4 is 4.72 Å². The fraction of sp³-hybridized carbons (Fsp3) is 0.391. The highest BCUT2D eigenvalue weighted by atomic mass is 35.5. The van der Waals surface area contributed by atoms with Crippen molar-refractivity contribution in [3.63, 3.8) is 0 Å². The second kappa shape index (κ2) is 9.07. The van der Waals surface area contributed by atoms with E-state index in [9.17, 15) is 13.2 Å². The Bertz CT molecular complexity index is 1410. The lowest BCUT2D eigenvalue weighted by Crippen LogP contribution is -2.51. The first-order chi connectivity index (χ1) is 16.7. The van der Waals surface area contributed by atoms with Gasteiger partial charge in [-0.15, -0.1) is 0 Å². The van der Waals surface area contributed by atoms with Crippen molar-refractivity contribution in [1.29, 1.82) is 0 Å². The van der Waals surface area contributed by atoms with E-state index >= 15 is 0 Å². The van der Waals surface area contributed by atoms with Crippen molar-refractivity contribution in [2.45, 2.75) is 25.6 Å². The summed E-state index contributed by atoms with van der Waals surface area (Å²) in [7, 11) is -2.18. The van der Waals surface area contributed by atoms with E-state index in [-0.39, 0.29) is 13.1 Å². The van der Waals surface area contributed by atoms with Crippen molar-refractivity contribution < 1.29 is 22.7 Å². The number of carbonyl (C=O) groups excluding carboxylic acids is 1. The molecule has 1 spiro atoms. The van der Waals surface area contributed by atoms with Gasteiger partial charge in [-0.2, -0.15) is 17.8 Å². The molecule has 0 aliphatic carbocycles. The lowest BCUT2D eigenvalue weighted by molar-refractivity contribution is -0.179. The lowest BCUT2D eigenvalue weighted by atomic mass is 10.1. The number of ether oxygens (including phenoxy) is 2. The van der Waals surface area contributed by atoms with Crippen LogP contribution in [0.3, 0.4) is 0 Å². The van der Waals surface area contributed by atoms with Gasteiger partial charge >= 0.3 is 10.2 Å². The summed E-state index contributed by atoms with van der Waals surface area (Å²) in [5.74, 6) is -0.695. The third-order valence-corrected chi connectivity index (χ3v) is 8.13. The molecule has 0 radical (unpaired) electrons. The smallest absolute Gasteiger partial charge is 0.304 e. The van der Waals surface area contributed by atoms with E-state index in [1.807, 2.05) is 49.0 Å². The summed E-state index contributed by atoms with van der Waals surface area (Å²) < 4.78 is 43.8. The maximum absolute atomic E-state index is 12.8. The summed E-state index contributed by atoms with van der Waals surface area (Å²) in [6.07, 6.45) is 5.54. The van der Waals surface area contributed by atoms with Gasteiger partial charge in [0, 0.05) is 61.2 Å². The van der Waals surface area contributed by atoms with Crippen LogP contribution in [0.2, 0.25) is 5.02 Å². The van der Waals surface area contributed by atoms with Gasteiger partial charge in [-0.05, 0) is 37.3 Å². The van der Waals surface area contributed by atoms with Crippen molar-refractivity contribution in [1.82, 2.24) is 23.4 Å². The Hall–Kier alpha value is -2.70. The fourth-order valence-corrected chi connectivity index (χ4v) is 5.97. The van der Waals surface area contributed by atoms with Crippen LogP contribution in [0.1, 0.15) is 24.1 Å². The largest absolute Gasteiger partial charge is 0.347 e. The summed E-state index contributed by atoms with van der Waals surface area (Å²) in [6, 6.07) is 7.54. The number of aromatic nitrogens is 3. The average Bonchev–Trinajstić information content (AvgIpc) is 3.49. The van der Waals surface area contributed by atoms with Crippen LogP contribution in [0.4, 0.5) is 0 Å². The predicted octanol–water partition coefficient (Wildman–Crippen LogP) is 2.54. The Morgan fingerprint density at radius 3 is 2.63 bits per heavy atom. The monoisotopic (exact) mass is 519 g/mol. The molecule has 186 valence electrons. The highest BCUT2D eigenvalue weighted by Crippen LogP contribution is 2.32.